The first-order valence-corrected chi connectivity index (χ1v) is 8.67. The lowest BCUT2D eigenvalue weighted by molar-refractivity contribution is -0.116. The molecule has 2 aromatic heterocycles. The van der Waals surface area contributed by atoms with Crippen molar-refractivity contribution in [2.24, 2.45) is 0 Å². The molecule has 1 aliphatic rings. The zero-order chi connectivity index (χ0) is 19.0. The van der Waals surface area contributed by atoms with Gasteiger partial charge in [0.05, 0.1) is 16.3 Å². The summed E-state index contributed by atoms with van der Waals surface area (Å²) < 4.78 is 19.6. The number of amides is 1. The first kappa shape index (κ1) is 17.4. The predicted molar refractivity (Wildman–Crippen MR) is 96.0 cm³/mol. The standard InChI is InChI=1S/C18H14ClFN4O3/c19-13-7-12(20)4-5-14(13)21-15(25)9-24-8-11(3-6-16(24)26)18-22-17(23-27-18)10-1-2-10/h3-8,10H,1-2,9H2,(H,21,25). The average Bonchev–Trinajstić information content (AvgIpc) is 3.36. The van der Waals surface area contributed by atoms with Crippen molar-refractivity contribution in [2.75, 3.05) is 5.32 Å². The Hall–Kier alpha value is -3.00. The molecular weight excluding hydrogens is 375 g/mol. The SMILES string of the molecule is O=C(Cn1cc(-c2nc(C3CC3)no2)ccc1=O)Nc1ccc(F)cc1Cl. The summed E-state index contributed by atoms with van der Waals surface area (Å²) in [6.45, 7) is -0.246. The topological polar surface area (TPSA) is 90.0 Å². The molecule has 0 saturated heterocycles. The third kappa shape index (κ3) is 3.90. The fourth-order valence-electron chi connectivity index (χ4n) is 2.58. The molecule has 0 aliphatic heterocycles. The number of nitrogens with one attached hydrogen (secondary N) is 1. The summed E-state index contributed by atoms with van der Waals surface area (Å²) in [6.07, 6.45) is 3.58. The second-order valence-electron chi connectivity index (χ2n) is 6.29. The van der Waals surface area contributed by atoms with E-state index in [1.807, 2.05) is 0 Å². The normalized spacial score (nSPS) is 13.6. The quantitative estimate of drug-likeness (QED) is 0.724. The average molecular weight is 389 g/mol. The Balaban J connectivity index is 1.52. The largest absolute Gasteiger partial charge is 0.334 e. The molecule has 27 heavy (non-hydrogen) atoms. The van der Waals surface area contributed by atoms with Crippen LogP contribution in [0.5, 0.6) is 0 Å². The van der Waals surface area contributed by atoms with Crippen LogP contribution < -0.4 is 10.9 Å². The maximum atomic E-state index is 13.1. The van der Waals surface area contributed by atoms with E-state index in [1.165, 1.54) is 29.0 Å². The molecular formula is C18H14ClFN4O3. The highest BCUT2D eigenvalue weighted by Crippen LogP contribution is 2.38. The van der Waals surface area contributed by atoms with Crippen molar-refractivity contribution in [3.8, 4) is 11.5 Å². The van der Waals surface area contributed by atoms with Gasteiger partial charge in [0.2, 0.25) is 5.91 Å². The van der Waals surface area contributed by atoms with Crippen LogP contribution in [0.2, 0.25) is 5.02 Å². The lowest BCUT2D eigenvalue weighted by atomic mass is 10.2. The van der Waals surface area contributed by atoms with Crippen LogP contribution in [0.1, 0.15) is 24.6 Å². The van der Waals surface area contributed by atoms with Gasteiger partial charge in [0.25, 0.3) is 11.4 Å². The minimum absolute atomic E-state index is 0.0721. The number of hydrogen-bond acceptors (Lipinski definition) is 5. The molecule has 1 aromatic carbocycles. The van der Waals surface area contributed by atoms with E-state index in [4.69, 9.17) is 16.1 Å². The number of rotatable bonds is 5. The zero-order valence-corrected chi connectivity index (χ0v) is 14.7. The molecule has 2 heterocycles. The van der Waals surface area contributed by atoms with Crippen LogP contribution in [0.4, 0.5) is 10.1 Å². The van der Waals surface area contributed by atoms with E-state index in [-0.39, 0.29) is 22.8 Å². The van der Waals surface area contributed by atoms with Crippen LogP contribution >= 0.6 is 11.6 Å². The van der Waals surface area contributed by atoms with Crippen molar-refractivity contribution >= 4 is 23.2 Å². The second-order valence-corrected chi connectivity index (χ2v) is 6.70. The van der Waals surface area contributed by atoms with Gasteiger partial charge in [-0.2, -0.15) is 4.98 Å². The summed E-state index contributed by atoms with van der Waals surface area (Å²) in [5.41, 5.74) is 0.445. The Kier molecular flexibility index (Phi) is 4.49. The fraction of sp³-hybridized carbons (Fsp3) is 0.222. The minimum Gasteiger partial charge on any atom is -0.334 e. The molecule has 0 atom stereocenters. The highest BCUT2D eigenvalue weighted by molar-refractivity contribution is 6.33. The maximum Gasteiger partial charge on any atom is 0.259 e. The molecule has 1 amide bonds. The van der Waals surface area contributed by atoms with Crippen LogP contribution in [-0.2, 0) is 11.3 Å². The molecule has 138 valence electrons. The van der Waals surface area contributed by atoms with E-state index in [9.17, 15) is 14.0 Å². The molecule has 3 aromatic rings. The van der Waals surface area contributed by atoms with Crippen molar-refractivity contribution in [3.63, 3.8) is 0 Å². The van der Waals surface area contributed by atoms with Crippen molar-refractivity contribution in [3.05, 3.63) is 63.5 Å². The predicted octanol–water partition coefficient (Wildman–Crippen LogP) is 3.21. The third-order valence-electron chi connectivity index (χ3n) is 4.13. The number of anilines is 1. The molecule has 0 unspecified atom stereocenters. The van der Waals surface area contributed by atoms with Gasteiger partial charge in [0.15, 0.2) is 5.82 Å². The molecule has 4 rings (SSSR count). The van der Waals surface area contributed by atoms with Crippen molar-refractivity contribution in [2.45, 2.75) is 25.3 Å². The van der Waals surface area contributed by atoms with Gasteiger partial charge in [-0.1, -0.05) is 16.8 Å². The van der Waals surface area contributed by atoms with Gasteiger partial charge in [-0.05, 0) is 37.1 Å². The molecule has 1 N–H and O–H groups in total. The van der Waals surface area contributed by atoms with Gasteiger partial charge in [-0.3, -0.25) is 9.59 Å². The van der Waals surface area contributed by atoms with Gasteiger partial charge in [-0.25, -0.2) is 4.39 Å². The summed E-state index contributed by atoms with van der Waals surface area (Å²) in [7, 11) is 0. The number of benzene rings is 1. The number of nitrogens with zero attached hydrogens (tertiary/aromatic N) is 3. The molecule has 1 saturated carbocycles. The van der Waals surface area contributed by atoms with Crippen LogP contribution in [-0.4, -0.2) is 20.6 Å². The maximum absolute atomic E-state index is 13.1. The van der Waals surface area contributed by atoms with E-state index in [0.29, 0.717) is 23.2 Å². The number of carbonyl (C=O) groups is 1. The Morgan fingerprint density at radius 1 is 1.33 bits per heavy atom. The first-order valence-electron chi connectivity index (χ1n) is 8.29. The summed E-state index contributed by atoms with van der Waals surface area (Å²) >= 11 is 5.90. The van der Waals surface area contributed by atoms with Gasteiger partial charge < -0.3 is 14.4 Å². The van der Waals surface area contributed by atoms with E-state index < -0.39 is 11.7 Å². The summed E-state index contributed by atoms with van der Waals surface area (Å²) in [5.74, 6) is 0.317. The van der Waals surface area contributed by atoms with Gasteiger partial charge in [-0.15, -0.1) is 0 Å². The summed E-state index contributed by atoms with van der Waals surface area (Å²) in [6, 6.07) is 6.52. The second kappa shape index (κ2) is 6.96. The van der Waals surface area contributed by atoms with Crippen molar-refractivity contribution in [1.82, 2.24) is 14.7 Å². The summed E-state index contributed by atoms with van der Waals surface area (Å²) in [5, 5.41) is 6.57. The number of pyridine rings is 1. The highest BCUT2D eigenvalue weighted by Gasteiger charge is 2.29. The lowest BCUT2D eigenvalue weighted by Crippen LogP contribution is -2.27. The number of carbonyl (C=O) groups excluding carboxylic acids is 1. The van der Waals surface area contributed by atoms with Crippen LogP contribution in [0.3, 0.4) is 0 Å². The van der Waals surface area contributed by atoms with Gasteiger partial charge in [0, 0.05) is 18.2 Å². The number of hydrogen-bond donors (Lipinski definition) is 1. The first-order chi connectivity index (χ1) is 13.0. The van der Waals surface area contributed by atoms with Crippen molar-refractivity contribution in [1.29, 1.82) is 0 Å². The lowest BCUT2D eigenvalue weighted by Gasteiger charge is -2.09. The van der Waals surface area contributed by atoms with Crippen LogP contribution in [0.25, 0.3) is 11.5 Å². The van der Waals surface area contributed by atoms with E-state index in [0.717, 1.165) is 18.9 Å². The molecule has 0 bridgehead atoms. The Morgan fingerprint density at radius 2 is 2.15 bits per heavy atom. The van der Waals surface area contributed by atoms with Gasteiger partial charge >= 0.3 is 0 Å². The monoisotopic (exact) mass is 388 g/mol. The van der Waals surface area contributed by atoms with E-state index >= 15 is 0 Å². The highest BCUT2D eigenvalue weighted by atomic mass is 35.5. The molecule has 1 fully saturated rings. The minimum atomic E-state index is -0.507. The molecule has 7 nitrogen and oxygen atoms in total. The fourth-order valence-corrected chi connectivity index (χ4v) is 2.79. The smallest absolute Gasteiger partial charge is 0.259 e. The molecule has 1 aliphatic carbocycles. The van der Waals surface area contributed by atoms with Crippen LogP contribution in [0, 0.1) is 5.82 Å². The Labute approximate surface area is 157 Å². The van der Waals surface area contributed by atoms with Gasteiger partial charge in [0.1, 0.15) is 12.4 Å². The van der Waals surface area contributed by atoms with E-state index in [1.54, 1.807) is 6.07 Å². The van der Waals surface area contributed by atoms with Crippen molar-refractivity contribution < 1.29 is 13.7 Å². The van der Waals surface area contributed by atoms with E-state index in [2.05, 4.69) is 15.5 Å². The molecule has 9 heteroatoms. The summed E-state index contributed by atoms with van der Waals surface area (Å²) in [4.78, 5) is 28.6. The zero-order valence-electron chi connectivity index (χ0n) is 14.0. The Morgan fingerprint density at radius 3 is 2.89 bits per heavy atom. The number of aromatic nitrogens is 3. The third-order valence-corrected chi connectivity index (χ3v) is 4.45. The molecule has 0 spiro atoms. The Bertz CT molecular complexity index is 1070. The number of halogens is 2. The van der Waals surface area contributed by atoms with Crippen LogP contribution in [0.15, 0.2) is 45.8 Å². The molecule has 0 radical (unpaired) electrons.